The molecule has 1 aliphatic rings. The third-order valence-corrected chi connectivity index (χ3v) is 4.90. The maximum Gasteiger partial charge on any atom is 0.235 e. The van der Waals surface area contributed by atoms with Gasteiger partial charge in [-0.3, -0.25) is 4.98 Å². The summed E-state index contributed by atoms with van der Waals surface area (Å²) in [6.07, 6.45) is 5.24. The highest BCUT2D eigenvalue weighted by atomic mass is 16.5. The van der Waals surface area contributed by atoms with Gasteiger partial charge in [-0.2, -0.15) is 5.26 Å². The highest BCUT2D eigenvalue weighted by Gasteiger charge is 2.29. The molecule has 1 aromatic carbocycles. The number of hydrogen-bond acceptors (Lipinski definition) is 5. The minimum atomic E-state index is 0.0741. The molecule has 0 aliphatic heterocycles. The molecule has 1 aromatic heterocycles. The van der Waals surface area contributed by atoms with Crippen LogP contribution in [-0.2, 0) is 6.42 Å². The fraction of sp³-hybridized carbons (Fsp3) is 0.381. The zero-order valence-electron chi connectivity index (χ0n) is 15.8. The van der Waals surface area contributed by atoms with Gasteiger partial charge in [-0.25, -0.2) is 4.98 Å². The zero-order valence-corrected chi connectivity index (χ0v) is 15.8. The Kier molecular flexibility index (Phi) is 5.34. The number of methoxy groups -OCH3 is 1. The topological polar surface area (TPSA) is 62.0 Å². The lowest BCUT2D eigenvalue weighted by Gasteiger charge is -2.19. The van der Waals surface area contributed by atoms with Gasteiger partial charge in [0.1, 0.15) is 5.69 Å². The molecule has 0 radical (unpaired) electrons. The second kappa shape index (κ2) is 7.67. The van der Waals surface area contributed by atoms with Gasteiger partial charge >= 0.3 is 0 Å². The fourth-order valence-corrected chi connectivity index (χ4v) is 3.64. The summed E-state index contributed by atoms with van der Waals surface area (Å²) in [6.45, 7) is 3.15. The van der Waals surface area contributed by atoms with Gasteiger partial charge in [0.2, 0.25) is 5.88 Å². The normalized spacial score (nSPS) is 14.3. The molecule has 5 heteroatoms. The van der Waals surface area contributed by atoms with E-state index in [4.69, 9.17) is 4.74 Å². The second-order valence-electron chi connectivity index (χ2n) is 6.90. The summed E-state index contributed by atoms with van der Waals surface area (Å²) in [5.74, 6) is 0.645. The van der Waals surface area contributed by atoms with Crippen molar-refractivity contribution >= 4 is 5.57 Å². The van der Waals surface area contributed by atoms with Gasteiger partial charge in [-0.15, -0.1) is 0 Å². The van der Waals surface area contributed by atoms with Crippen molar-refractivity contribution in [2.75, 3.05) is 27.7 Å². The molecule has 134 valence electrons. The first-order chi connectivity index (χ1) is 12.5. The summed E-state index contributed by atoms with van der Waals surface area (Å²) in [5.41, 5.74) is 6.71. The van der Waals surface area contributed by atoms with Crippen LogP contribution in [0, 0.1) is 11.3 Å². The molecule has 1 unspecified atom stereocenters. The molecule has 1 aliphatic carbocycles. The van der Waals surface area contributed by atoms with E-state index in [1.165, 1.54) is 22.3 Å². The Morgan fingerprint density at radius 3 is 2.73 bits per heavy atom. The molecule has 0 N–H and O–H groups in total. The van der Waals surface area contributed by atoms with Crippen LogP contribution in [0.5, 0.6) is 5.88 Å². The summed E-state index contributed by atoms with van der Waals surface area (Å²) in [4.78, 5) is 11.1. The lowest BCUT2D eigenvalue weighted by Crippen LogP contribution is -2.14. The number of hydrogen-bond donors (Lipinski definition) is 0. The van der Waals surface area contributed by atoms with Gasteiger partial charge in [0.15, 0.2) is 0 Å². The molecule has 0 amide bonds. The summed E-state index contributed by atoms with van der Waals surface area (Å²) in [6, 6.07) is 8.23. The Hall–Kier alpha value is -2.71. The molecular weight excluding hydrogens is 324 g/mol. The Morgan fingerprint density at radius 1 is 1.27 bits per heavy atom. The lowest BCUT2D eigenvalue weighted by molar-refractivity contribution is 0.388. The molecule has 0 spiro atoms. The van der Waals surface area contributed by atoms with Crippen LogP contribution in [0.2, 0.25) is 0 Å². The van der Waals surface area contributed by atoms with Crippen LogP contribution >= 0.6 is 0 Å². The number of allylic oxidation sites excluding steroid dienone is 1. The second-order valence-corrected chi connectivity index (χ2v) is 6.90. The van der Waals surface area contributed by atoms with E-state index >= 15 is 0 Å². The number of rotatable bonds is 6. The van der Waals surface area contributed by atoms with Crippen LogP contribution < -0.4 is 4.74 Å². The van der Waals surface area contributed by atoms with E-state index in [1.54, 1.807) is 19.5 Å². The van der Waals surface area contributed by atoms with Gasteiger partial charge in [-0.05, 0) is 55.8 Å². The molecule has 26 heavy (non-hydrogen) atoms. The van der Waals surface area contributed by atoms with E-state index < -0.39 is 0 Å². The van der Waals surface area contributed by atoms with Gasteiger partial charge in [0.25, 0.3) is 0 Å². The van der Waals surface area contributed by atoms with E-state index in [0.29, 0.717) is 11.4 Å². The molecule has 0 fully saturated rings. The van der Waals surface area contributed by atoms with Crippen molar-refractivity contribution in [1.29, 1.82) is 5.26 Å². The number of fused-ring (bicyclic) bond motifs is 1. The third-order valence-electron chi connectivity index (χ3n) is 4.90. The van der Waals surface area contributed by atoms with E-state index in [1.807, 2.05) is 12.1 Å². The largest absolute Gasteiger partial charge is 0.480 e. The Balaban J connectivity index is 2.06. The van der Waals surface area contributed by atoms with Crippen molar-refractivity contribution < 1.29 is 4.74 Å². The number of nitrogens with zero attached hydrogens (tertiary/aromatic N) is 4. The molecule has 0 saturated heterocycles. The van der Waals surface area contributed by atoms with Crippen molar-refractivity contribution in [3.8, 4) is 11.9 Å². The molecule has 1 heterocycles. The van der Waals surface area contributed by atoms with Crippen LogP contribution in [0.25, 0.3) is 5.57 Å². The fourth-order valence-electron chi connectivity index (χ4n) is 3.64. The monoisotopic (exact) mass is 348 g/mol. The van der Waals surface area contributed by atoms with Crippen LogP contribution in [0.15, 0.2) is 36.2 Å². The number of aromatic nitrogens is 2. The maximum atomic E-state index is 9.23. The van der Waals surface area contributed by atoms with Crippen molar-refractivity contribution in [2.24, 2.45) is 0 Å². The van der Waals surface area contributed by atoms with Gasteiger partial charge in [0, 0.05) is 24.9 Å². The summed E-state index contributed by atoms with van der Waals surface area (Å²) < 4.78 is 5.44. The zero-order chi connectivity index (χ0) is 18.7. The van der Waals surface area contributed by atoms with E-state index in [-0.39, 0.29) is 5.92 Å². The quantitative estimate of drug-likeness (QED) is 0.800. The van der Waals surface area contributed by atoms with E-state index in [2.05, 4.69) is 48.0 Å². The summed E-state index contributed by atoms with van der Waals surface area (Å²) >= 11 is 0. The predicted molar refractivity (Wildman–Crippen MR) is 102 cm³/mol. The van der Waals surface area contributed by atoms with Crippen molar-refractivity contribution in [3.05, 3.63) is 58.6 Å². The molecule has 3 rings (SSSR count). The highest BCUT2D eigenvalue weighted by Crippen LogP contribution is 2.44. The van der Waals surface area contributed by atoms with Gasteiger partial charge in [-0.1, -0.05) is 18.6 Å². The van der Waals surface area contributed by atoms with E-state index in [0.717, 1.165) is 25.1 Å². The van der Waals surface area contributed by atoms with Crippen LogP contribution in [0.1, 0.15) is 41.6 Å². The first kappa shape index (κ1) is 18.1. The third kappa shape index (κ3) is 3.47. The SMILES string of the molecule is COc1nccnc1C(C)C1=C(CCN(C)C)Cc2cc(C#N)ccc21. The van der Waals surface area contributed by atoms with Crippen molar-refractivity contribution in [1.82, 2.24) is 14.9 Å². The predicted octanol–water partition coefficient (Wildman–Crippen LogP) is 3.42. The average molecular weight is 348 g/mol. The smallest absolute Gasteiger partial charge is 0.235 e. The lowest BCUT2D eigenvalue weighted by atomic mass is 9.89. The van der Waals surface area contributed by atoms with Gasteiger partial charge < -0.3 is 9.64 Å². The van der Waals surface area contributed by atoms with Gasteiger partial charge in [0.05, 0.1) is 18.7 Å². The molecule has 1 atom stereocenters. The summed E-state index contributed by atoms with van der Waals surface area (Å²) in [7, 11) is 5.81. The van der Waals surface area contributed by atoms with Crippen LogP contribution in [0.3, 0.4) is 0 Å². The van der Waals surface area contributed by atoms with Crippen LogP contribution in [-0.4, -0.2) is 42.6 Å². The number of benzene rings is 1. The van der Waals surface area contributed by atoms with Crippen molar-refractivity contribution in [2.45, 2.75) is 25.7 Å². The molecule has 2 aromatic rings. The Morgan fingerprint density at radius 2 is 2.04 bits per heavy atom. The first-order valence-electron chi connectivity index (χ1n) is 8.80. The number of nitriles is 1. The minimum Gasteiger partial charge on any atom is -0.480 e. The number of ether oxygens (including phenoxy) is 1. The standard InChI is InChI=1S/C21H24N4O/c1-14(20-21(26-4)24-9-8-23-20)19-16(7-10-25(2)3)12-17-11-15(13-22)5-6-18(17)19/h5-6,8-9,11,14H,7,10,12H2,1-4H3. The maximum absolute atomic E-state index is 9.23. The van der Waals surface area contributed by atoms with Crippen molar-refractivity contribution in [3.63, 3.8) is 0 Å². The summed E-state index contributed by atoms with van der Waals surface area (Å²) in [5, 5.41) is 9.23. The molecule has 5 nitrogen and oxygen atoms in total. The Labute approximate surface area is 155 Å². The first-order valence-corrected chi connectivity index (χ1v) is 8.80. The highest BCUT2D eigenvalue weighted by molar-refractivity contribution is 5.81. The minimum absolute atomic E-state index is 0.0741. The van der Waals surface area contributed by atoms with Crippen LogP contribution in [0.4, 0.5) is 0 Å². The Bertz CT molecular complexity index is 880. The molecule has 0 bridgehead atoms. The average Bonchev–Trinajstić information content (AvgIpc) is 3.03. The molecule has 0 saturated carbocycles. The molecular formula is C21H24N4O. The van der Waals surface area contributed by atoms with E-state index in [9.17, 15) is 5.26 Å².